The van der Waals surface area contributed by atoms with Crippen molar-refractivity contribution in [2.24, 2.45) is 29.1 Å². The minimum Gasteiger partial charge on any atom is -0.507 e. The van der Waals surface area contributed by atoms with Crippen molar-refractivity contribution < 1.29 is 30.6 Å². The van der Waals surface area contributed by atoms with Gasteiger partial charge in [-0.15, -0.1) is 0 Å². The third-order valence-corrected chi connectivity index (χ3v) is 13.4. The first kappa shape index (κ1) is 35.2. The molecule has 55 heavy (non-hydrogen) atoms. The van der Waals surface area contributed by atoms with Gasteiger partial charge in [-0.3, -0.25) is 0 Å². The summed E-state index contributed by atoms with van der Waals surface area (Å²) < 4.78 is 0. The van der Waals surface area contributed by atoms with Crippen molar-refractivity contribution in [3.8, 4) is 28.7 Å². The van der Waals surface area contributed by atoms with Gasteiger partial charge >= 0.3 is 0 Å². The fraction of sp³-hybridized carbons (Fsp3) is 0.326. The van der Waals surface area contributed by atoms with Crippen LogP contribution in [-0.2, 0) is 24.8 Å². The Morgan fingerprint density at radius 3 is 2.33 bits per heavy atom. The van der Waals surface area contributed by atoms with Gasteiger partial charge in [0, 0.05) is 41.9 Å². The van der Waals surface area contributed by atoms with E-state index < -0.39 is 6.10 Å². The smallest absolute Gasteiger partial charge is 0.169 e. The highest BCUT2D eigenvalue weighted by atomic mass is 16.3. The molecule has 5 aromatic rings. The first-order chi connectivity index (χ1) is 26.7. The van der Waals surface area contributed by atoms with E-state index in [4.69, 9.17) is 0 Å². The van der Waals surface area contributed by atoms with Crippen molar-refractivity contribution >= 4 is 22.9 Å². The summed E-state index contributed by atoms with van der Waals surface area (Å²) in [6.07, 6.45) is 21.5. The van der Waals surface area contributed by atoms with Crippen LogP contribution >= 0.6 is 0 Å². The molecular formula is C46H47N3O6. The van der Waals surface area contributed by atoms with Crippen LogP contribution < -0.4 is 5.32 Å². The molecule has 4 aliphatic carbocycles. The first-order valence-electron chi connectivity index (χ1n) is 19.4. The first-order valence-corrected chi connectivity index (χ1v) is 19.4. The molecule has 1 aromatic heterocycles. The van der Waals surface area contributed by atoms with E-state index in [9.17, 15) is 30.6 Å². The van der Waals surface area contributed by atoms with Crippen LogP contribution in [0.1, 0.15) is 59.2 Å². The van der Waals surface area contributed by atoms with E-state index in [1.54, 1.807) is 36.7 Å². The number of aromatic amines is 1. The highest BCUT2D eigenvalue weighted by molar-refractivity contribution is 6.03. The number of aryl methyl sites for hydroxylation is 1. The van der Waals surface area contributed by atoms with Gasteiger partial charge in [0.05, 0.1) is 17.8 Å². The number of nitrogens with zero attached hydrogens (tertiary/aromatic N) is 1. The molecule has 9 rings (SSSR count). The Bertz CT molecular complexity index is 2320. The number of H-pyrrole nitrogens is 1. The molecule has 7 unspecified atom stereocenters. The zero-order valence-electron chi connectivity index (χ0n) is 30.6. The zero-order chi connectivity index (χ0) is 37.9. The molecule has 8 N–H and O–H groups in total. The van der Waals surface area contributed by atoms with Crippen molar-refractivity contribution in [2.45, 2.75) is 56.6 Å². The number of aromatic nitrogens is 2. The van der Waals surface area contributed by atoms with Crippen LogP contribution in [0.5, 0.6) is 28.7 Å². The fourth-order valence-electron chi connectivity index (χ4n) is 11.1. The highest BCUT2D eigenvalue weighted by Gasteiger charge is 2.67. The van der Waals surface area contributed by atoms with E-state index >= 15 is 0 Å². The lowest BCUT2D eigenvalue weighted by atomic mass is 9.42. The van der Waals surface area contributed by atoms with Crippen molar-refractivity contribution in [2.75, 3.05) is 6.54 Å². The van der Waals surface area contributed by atoms with E-state index in [-0.39, 0.29) is 50.9 Å². The van der Waals surface area contributed by atoms with Gasteiger partial charge in [-0.25, -0.2) is 4.98 Å². The highest BCUT2D eigenvalue weighted by Crippen LogP contribution is 2.69. The number of benzene rings is 4. The van der Waals surface area contributed by atoms with Crippen LogP contribution in [0.3, 0.4) is 0 Å². The number of aromatic hydroxyl groups is 5. The van der Waals surface area contributed by atoms with Crippen molar-refractivity contribution in [3.63, 3.8) is 0 Å². The van der Waals surface area contributed by atoms with E-state index in [0.717, 1.165) is 36.2 Å². The molecule has 1 spiro atoms. The molecule has 0 radical (unpaired) electrons. The van der Waals surface area contributed by atoms with Crippen molar-refractivity contribution in [1.29, 1.82) is 0 Å². The van der Waals surface area contributed by atoms with Gasteiger partial charge in [0.15, 0.2) is 23.0 Å². The minimum absolute atomic E-state index is 0.0566. The number of imidazole rings is 1. The van der Waals surface area contributed by atoms with Gasteiger partial charge in [0.2, 0.25) is 0 Å². The normalized spacial score (nSPS) is 27.9. The molecule has 282 valence electrons. The number of allylic oxidation sites excluding steroid dienone is 3. The number of fused-ring (bicyclic) bond motifs is 2. The summed E-state index contributed by atoms with van der Waals surface area (Å²) >= 11 is 0. The summed E-state index contributed by atoms with van der Waals surface area (Å²) in [5, 5.41) is 69.0. The Kier molecular flexibility index (Phi) is 8.74. The van der Waals surface area contributed by atoms with Gasteiger partial charge in [-0.2, -0.15) is 0 Å². The fourth-order valence-corrected chi connectivity index (χ4v) is 11.1. The van der Waals surface area contributed by atoms with E-state index in [2.05, 4.69) is 63.9 Å². The van der Waals surface area contributed by atoms with Gasteiger partial charge in [-0.05, 0) is 108 Å². The molecule has 0 amide bonds. The molecule has 9 heteroatoms. The summed E-state index contributed by atoms with van der Waals surface area (Å²) in [6, 6.07) is 17.9. The lowest BCUT2D eigenvalue weighted by Crippen LogP contribution is -2.64. The Morgan fingerprint density at radius 2 is 1.56 bits per heavy atom. The zero-order valence-corrected chi connectivity index (χ0v) is 30.6. The van der Waals surface area contributed by atoms with Crippen LogP contribution in [0.25, 0.3) is 22.9 Å². The van der Waals surface area contributed by atoms with Crippen LogP contribution in [-0.4, -0.2) is 53.3 Å². The van der Waals surface area contributed by atoms with Crippen LogP contribution in [0.4, 0.5) is 0 Å². The maximum Gasteiger partial charge on any atom is 0.169 e. The van der Waals surface area contributed by atoms with Crippen molar-refractivity contribution in [1.82, 2.24) is 15.3 Å². The Balaban J connectivity index is 0.943. The molecule has 1 heterocycles. The molecule has 9 nitrogen and oxygen atoms in total. The second kappa shape index (κ2) is 13.7. The molecule has 0 aliphatic heterocycles. The summed E-state index contributed by atoms with van der Waals surface area (Å²) in [5.74, 6) is 0.253. The lowest BCUT2D eigenvalue weighted by molar-refractivity contribution is -0.105. The maximum atomic E-state index is 11.8. The molecule has 2 saturated carbocycles. The molecule has 0 saturated heterocycles. The Labute approximate surface area is 320 Å². The summed E-state index contributed by atoms with van der Waals surface area (Å²) in [4.78, 5) is 7.95. The minimum atomic E-state index is -0.513. The van der Waals surface area contributed by atoms with Crippen molar-refractivity contribution in [3.05, 3.63) is 131 Å². The van der Waals surface area contributed by atoms with Crippen LogP contribution in [0.2, 0.25) is 0 Å². The number of nitrogens with one attached hydrogen (secondary N) is 2. The third-order valence-electron chi connectivity index (χ3n) is 13.4. The van der Waals surface area contributed by atoms with Crippen LogP contribution in [0, 0.1) is 29.1 Å². The largest absolute Gasteiger partial charge is 0.507 e. The standard InChI is InChI=1S/C46H47N3O6/c50-36-18-11-28(20-39(36)53)10-16-33-34-2-1-3-37(51)41(34)43(55)42(54)35(33)17-9-27-4-6-29(7-5-27)23-47-25-45(40-24-48-26-49-40)21-30-8-12-31-13-14-32-15-19-38(52)44(45)46(31,32)22-30/h1-8,10-12,15-16,18-20,24,26,30-32,38,44,47,50-55H,9,13-14,17,21-23,25H2,(H,48,49). The van der Waals surface area contributed by atoms with E-state index in [1.165, 1.54) is 31.0 Å². The molecule has 2 bridgehead atoms. The number of phenolic OH excluding ortho intramolecular Hbond substituents is 5. The molecule has 2 fully saturated rings. The van der Waals surface area contributed by atoms with Gasteiger partial charge in [0.1, 0.15) is 5.75 Å². The molecule has 7 atom stereocenters. The SMILES string of the molecule is Oc1ccc(C=Cc2c(CCc3ccc(CNCC4(c5cnc[nH]5)CC5C=CC6CCC7C=CC(O)C4C67C5)cc3)c(O)c(O)c3c(O)cccc23)cc1O. The number of phenols is 5. The summed E-state index contributed by atoms with van der Waals surface area (Å²) in [5.41, 5.74) is 4.86. The number of aliphatic hydroxyl groups excluding tert-OH is 1. The lowest BCUT2D eigenvalue weighted by Gasteiger charge is -2.63. The predicted octanol–water partition coefficient (Wildman–Crippen LogP) is 7.61. The monoisotopic (exact) mass is 737 g/mol. The quantitative estimate of drug-likeness (QED) is 0.0413. The van der Waals surface area contributed by atoms with E-state index in [0.29, 0.717) is 59.2 Å². The number of rotatable bonds is 10. The summed E-state index contributed by atoms with van der Waals surface area (Å²) in [6.45, 7) is 1.39. The van der Waals surface area contributed by atoms with Crippen LogP contribution in [0.15, 0.2) is 97.5 Å². The predicted molar refractivity (Wildman–Crippen MR) is 213 cm³/mol. The van der Waals surface area contributed by atoms with E-state index in [1.807, 2.05) is 6.20 Å². The topological polar surface area (TPSA) is 162 Å². The Hall–Kier alpha value is -5.51. The number of hydrogen-bond acceptors (Lipinski definition) is 8. The Morgan fingerprint density at radius 1 is 0.782 bits per heavy atom. The van der Waals surface area contributed by atoms with Gasteiger partial charge in [0.25, 0.3) is 0 Å². The van der Waals surface area contributed by atoms with Gasteiger partial charge in [-0.1, -0.05) is 78.9 Å². The summed E-state index contributed by atoms with van der Waals surface area (Å²) in [7, 11) is 0. The molecule has 4 aliphatic rings. The molecule has 4 aromatic carbocycles. The average molecular weight is 738 g/mol. The molecular weight excluding hydrogens is 691 g/mol. The average Bonchev–Trinajstić information content (AvgIpc) is 3.86. The number of aliphatic hydroxyl groups is 1. The number of hydrogen-bond donors (Lipinski definition) is 8. The second-order valence-electron chi connectivity index (χ2n) is 16.2. The third kappa shape index (κ3) is 5.79. The van der Waals surface area contributed by atoms with Gasteiger partial charge < -0.3 is 40.9 Å². The maximum absolute atomic E-state index is 11.8. The second-order valence-corrected chi connectivity index (χ2v) is 16.2.